The Morgan fingerprint density at radius 1 is 1.16 bits per heavy atom. The third-order valence-corrected chi connectivity index (χ3v) is 7.53. The van der Waals surface area contributed by atoms with E-state index in [1.54, 1.807) is 4.31 Å². The van der Waals surface area contributed by atoms with Gasteiger partial charge in [-0.15, -0.1) is 0 Å². The minimum Gasteiger partial charge on any atom is -0.447 e. The Balaban J connectivity index is 1.43. The molecule has 3 rings (SSSR count). The molecule has 1 aromatic carbocycles. The van der Waals surface area contributed by atoms with Crippen LogP contribution in [0.3, 0.4) is 0 Å². The van der Waals surface area contributed by atoms with Crippen molar-refractivity contribution in [3.8, 4) is 0 Å². The van der Waals surface area contributed by atoms with Gasteiger partial charge in [0, 0.05) is 37.9 Å². The number of benzene rings is 1. The van der Waals surface area contributed by atoms with E-state index in [-0.39, 0.29) is 12.2 Å². The van der Waals surface area contributed by atoms with Crippen molar-refractivity contribution in [3.63, 3.8) is 0 Å². The molecule has 2 heterocycles. The number of amides is 1. The maximum atomic E-state index is 12.0. The van der Waals surface area contributed by atoms with Crippen molar-refractivity contribution in [2.45, 2.75) is 71.6 Å². The van der Waals surface area contributed by atoms with Crippen LogP contribution in [-0.4, -0.2) is 61.8 Å². The van der Waals surface area contributed by atoms with Crippen LogP contribution in [0.1, 0.15) is 57.6 Å². The fourth-order valence-corrected chi connectivity index (χ4v) is 5.22. The fourth-order valence-electron chi connectivity index (χ4n) is 4.42. The summed E-state index contributed by atoms with van der Waals surface area (Å²) in [5.74, 6) is 0.651. The number of fused-ring (bicyclic) bond motifs is 1. The molecular formula is C23H37N3O4S. The number of likely N-dealkylation sites (tertiary alicyclic amines) is 1. The van der Waals surface area contributed by atoms with Gasteiger partial charge in [0.1, 0.15) is 0 Å². The second kappa shape index (κ2) is 10.2. The highest BCUT2D eigenvalue weighted by atomic mass is 32.2. The number of hydrogen-bond acceptors (Lipinski definition) is 5. The van der Waals surface area contributed by atoms with Crippen LogP contribution in [-0.2, 0) is 27.7 Å². The number of hydrogen-bond donors (Lipinski definition) is 1. The van der Waals surface area contributed by atoms with Gasteiger partial charge >= 0.3 is 6.09 Å². The highest BCUT2D eigenvalue weighted by molar-refractivity contribution is 7.88. The van der Waals surface area contributed by atoms with Gasteiger partial charge < -0.3 is 15.0 Å². The molecule has 1 atom stereocenters. The topological polar surface area (TPSA) is 79.0 Å². The highest BCUT2D eigenvalue weighted by Gasteiger charge is 2.25. The first-order valence-corrected chi connectivity index (χ1v) is 13.3. The highest BCUT2D eigenvalue weighted by Crippen LogP contribution is 2.26. The quantitative estimate of drug-likeness (QED) is 0.681. The number of piperidine rings is 1. The number of nitrogens with one attached hydrogen (secondary N) is 1. The van der Waals surface area contributed by atoms with E-state index in [0.29, 0.717) is 25.0 Å². The SMILES string of the molecule is CC(CCC1CCN(C(=O)OC(C)C)CC1)Nc1ccc2c(c1)CCN(S(C)(=O)=O)C2. The molecule has 0 spiro atoms. The Kier molecular flexibility index (Phi) is 7.86. The smallest absolute Gasteiger partial charge is 0.410 e. The van der Waals surface area contributed by atoms with Crippen LogP contribution < -0.4 is 5.32 Å². The fraction of sp³-hybridized carbons (Fsp3) is 0.696. The molecule has 0 saturated carbocycles. The number of ether oxygens (including phenoxy) is 1. The van der Waals surface area contributed by atoms with E-state index in [9.17, 15) is 13.2 Å². The first-order valence-electron chi connectivity index (χ1n) is 11.4. The molecule has 7 nitrogen and oxygen atoms in total. The zero-order valence-corrected chi connectivity index (χ0v) is 20.1. The second-order valence-electron chi connectivity index (χ2n) is 9.32. The van der Waals surface area contributed by atoms with E-state index < -0.39 is 10.0 Å². The number of anilines is 1. The Morgan fingerprint density at radius 3 is 2.52 bits per heavy atom. The molecule has 2 aliphatic heterocycles. The van der Waals surface area contributed by atoms with Crippen molar-refractivity contribution in [1.29, 1.82) is 0 Å². The normalized spacial score (nSPS) is 19.2. The maximum absolute atomic E-state index is 12.0. The molecule has 2 aliphatic rings. The Bertz CT molecular complexity index is 864. The summed E-state index contributed by atoms with van der Waals surface area (Å²) in [5, 5.41) is 3.61. The van der Waals surface area contributed by atoms with Crippen LogP contribution in [0.15, 0.2) is 18.2 Å². The minimum atomic E-state index is -3.14. The minimum absolute atomic E-state index is 0.0700. The zero-order valence-electron chi connectivity index (χ0n) is 19.3. The lowest BCUT2D eigenvalue weighted by atomic mass is 9.91. The van der Waals surface area contributed by atoms with E-state index in [1.807, 2.05) is 24.8 Å². The van der Waals surface area contributed by atoms with Gasteiger partial charge in [0.15, 0.2) is 0 Å². The van der Waals surface area contributed by atoms with Crippen molar-refractivity contribution in [2.75, 3.05) is 31.2 Å². The first kappa shape index (κ1) is 23.9. The molecule has 1 N–H and O–H groups in total. The van der Waals surface area contributed by atoms with E-state index in [0.717, 1.165) is 56.4 Å². The van der Waals surface area contributed by atoms with Gasteiger partial charge in [-0.3, -0.25) is 0 Å². The molecule has 0 aliphatic carbocycles. The largest absolute Gasteiger partial charge is 0.447 e. The molecule has 0 radical (unpaired) electrons. The molecule has 8 heteroatoms. The number of sulfonamides is 1. The molecule has 174 valence electrons. The Morgan fingerprint density at radius 2 is 1.87 bits per heavy atom. The van der Waals surface area contributed by atoms with Crippen LogP contribution in [0.5, 0.6) is 0 Å². The van der Waals surface area contributed by atoms with Gasteiger partial charge in [-0.1, -0.05) is 6.07 Å². The molecular weight excluding hydrogens is 414 g/mol. The first-order chi connectivity index (χ1) is 14.6. The van der Waals surface area contributed by atoms with Crippen LogP contribution in [0.25, 0.3) is 0 Å². The molecule has 31 heavy (non-hydrogen) atoms. The van der Waals surface area contributed by atoms with E-state index in [2.05, 4.69) is 24.4 Å². The predicted octanol–water partition coefficient (Wildman–Crippen LogP) is 3.84. The van der Waals surface area contributed by atoms with Gasteiger partial charge in [-0.05, 0) is 82.1 Å². The molecule has 1 aromatic rings. The maximum Gasteiger partial charge on any atom is 0.410 e. The van der Waals surface area contributed by atoms with Gasteiger partial charge in [0.05, 0.1) is 12.4 Å². The summed E-state index contributed by atoms with van der Waals surface area (Å²) in [5.41, 5.74) is 3.43. The van der Waals surface area contributed by atoms with Crippen molar-refractivity contribution in [2.24, 2.45) is 5.92 Å². The van der Waals surface area contributed by atoms with Gasteiger partial charge in [0.25, 0.3) is 0 Å². The molecule has 0 aromatic heterocycles. The van der Waals surface area contributed by atoms with Crippen LogP contribution in [0.2, 0.25) is 0 Å². The molecule has 1 unspecified atom stereocenters. The third kappa shape index (κ3) is 6.84. The standard InChI is InChI=1S/C23H37N3O4S/c1-17(2)30-23(27)25-12-9-19(10-13-25)6-5-18(3)24-22-8-7-21-16-26(31(4,28)29)14-11-20(21)15-22/h7-8,15,17-19,24H,5-6,9-14,16H2,1-4H3. The van der Waals surface area contributed by atoms with E-state index in [1.165, 1.54) is 11.8 Å². The summed E-state index contributed by atoms with van der Waals surface area (Å²) in [7, 11) is -3.14. The van der Waals surface area contributed by atoms with Crippen LogP contribution in [0, 0.1) is 5.92 Å². The van der Waals surface area contributed by atoms with Crippen molar-refractivity contribution < 1.29 is 17.9 Å². The summed E-state index contributed by atoms with van der Waals surface area (Å²) < 4.78 is 30.4. The second-order valence-corrected chi connectivity index (χ2v) is 11.3. The van der Waals surface area contributed by atoms with Gasteiger partial charge in [0.2, 0.25) is 10.0 Å². The monoisotopic (exact) mass is 451 g/mol. The van der Waals surface area contributed by atoms with Crippen molar-refractivity contribution >= 4 is 21.8 Å². The van der Waals surface area contributed by atoms with E-state index in [4.69, 9.17) is 4.74 Å². The lowest BCUT2D eigenvalue weighted by molar-refractivity contribution is 0.0646. The lowest BCUT2D eigenvalue weighted by Gasteiger charge is -2.32. The van der Waals surface area contributed by atoms with Crippen LogP contribution >= 0.6 is 0 Å². The molecule has 1 saturated heterocycles. The van der Waals surface area contributed by atoms with Gasteiger partial charge in [-0.25, -0.2) is 13.2 Å². The Hall–Kier alpha value is -1.80. The van der Waals surface area contributed by atoms with Crippen molar-refractivity contribution in [1.82, 2.24) is 9.21 Å². The lowest BCUT2D eigenvalue weighted by Crippen LogP contribution is -2.39. The summed E-state index contributed by atoms with van der Waals surface area (Å²) in [6.45, 7) is 8.56. The number of nitrogens with zero attached hydrogens (tertiary/aromatic N) is 2. The average Bonchev–Trinajstić information content (AvgIpc) is 2.71. The number of rotatable bonds is 7. The zero-order chi connectivity index (χ0) is 22.6. The average molecular weight is 452 g/mol. The number of carbonyl (C=O) groups excluding carboxylic acids is 1. The summed E-state index contributed by atoms with van der Waals surface area (Å²) in [4.78, 5) is 13.8. The van der Waals surface area contributed by atoms with Crippen LogP contribution in [0.4, 0.5) is 10.5 Å². The van der Waals surface area contributed by atoms with Gasteiger partial charge in [-0.2, -0.15) is 4.31 Å². The van der Waals surface area contributed by atoms with Crippen molar-refractivity contribution in [3.05, 3.63) is 29.3 Å². The predicted molar refractivity (Wildman–Crippen MR) is 124 cm³/mol. The summed E-state index contributed by atoms with van der Waals surface area (Å²) >= 11 is 0. The summed E-state index contributed by atoms with van der Waals surface area (Å²) in [6, 6.07) is 6.64. The molecule has 1 fully saturated rings. The Labute approximate surface area is 187 Å². The number of carbonyl (C=O) groups is 1. The summed E-state index contributed by atoms with van der Waals surface area (Å²) in [6.07, 6.45) is 6.08. The third-order valence-electron chi connectivity index (χ3n) is 6.28. The molecule has 1 amide bonds. The molecule has 0 bridgehead atoms. The van der Waals surface area contributed by atoms with E-state index >= 15 is 0 Å².